The molecule has 0 spiro atoms. The van der Waals surface area contributed by atoms with E-state index < -0.39 is 0 Å². The van der Waals surface area contributed by atoms with Crippen LogP contribution in [0.25, 0.3) is 5.52 Å². The van der Waals surface area contributed by atoms with E-state index in [0.29, 0.717) is 35.8 Å². The van der Waals surface area contributed by atoms with E-state index in [4.69, 9.17) is 15.6 Å². The van der Waals surface area contributed by atoms with E-state index in [1.165, 1.54) is 6.20 Å². The second-order valence-electron chi connectivity index (χ2n) is 8.13. The van der Waals surface area contributed by atoms with Crippen LogP contribution in [-0.2, 0) is 4.74 Å². The number of hydrogen-bond donors (Lipinski definition) is 2. The van der Waals surface area contributed by atoms with Crippen molar-refractivity contribution in [2.45, 2.75) is 25.8 Å². The minimum absolute atomic E-state index is 0.266. The molecule has 0 aliphatic carbocycles. The van der Waals surface area contributed by atoms with Gasteiger partial charge in [-0.2, -0.15) is 15.5 Å². The van der Waals surface area contributed by atoms with Crippen LogP contribution in [0.4, 0.5) is 0 Å². The number of aromatic nitrogens is 2. The number of nitrogens with zero attached hydrogens (tertiary/aromatic N) is 6. The van der Waals surface area contributed by atoms with Crippen molar-refractivity contribution in [1.29, 1.82) is 5.26 Å². The van der Waals surface area contributed by atoms with Crippen LogP contribution in [0.5, 0.6) is 5.75 Å². The van der Waals surface area contributed by atoms with Crippen molar-refractivity contribution in [3.05, 3.63) is 42.2 Å². The highest BCUT2D eigenvalue weighted by Crippen LogP contribution is 2.25. The van der Waals surface area contributed by atoms with Gasteiger partial charge in [-0.15, -0.1) is 6.58 Å². The number of nitrogens with one attached hydrogen (secondary N) is 1. The number of methoxy groups -OCH3 is 1. The zero-order chi connectivity index (χ0) is 24.9. The van der Waals surface area contributed by atoms with Crippen molar-refractivity contribution in [1.82, 2.24) is 19.8 Å². The SMILES string of the molecule is C=CCOC.CC(=NC1CCNCC1)/C(=N\N)c1cc(OCCN(C)C)c2c(C#N)cnn2c1. The van der Waals surface area contributed by atoms with E-state index in [2.05, 4.69) is 32.9 Å². The number of piperidine rings is 1. The van der Waals surface area contributed by atoms with Gasteiger partial charge in [-0.1, -0.05) is 6.08 Å². The molecule has 1 saturated heterocycles. The lowest BCUT2D eigenvalue weighted by Gasteiger charge is -2.20. The standard InChI is InChI=1S/C20H28N8O.C4H8O/c1-14(25-17-4-6-23-7-5-17)19(26-22)15-10-18(29-9-8-27(2)3)20-16(11-21)12-24-28(20)13-15;1-3-4-5-2/h10,12-13,17,23H,4-9,22H2,1-3H3;3H,1,4H2,2H3/b25-14?,26-19+;. The highest BCUT2D eigenvalue weighted by Gasteiger charge is 2.18. The van der Waals surface area contributed by atoms with Gasteiger partial charge in [0.25, 0.3) is 0 Å². The van der Waals surface area contributed by atoms with Crippen LogP contribution in [0.2, 0.25) is 0 Å². The molecule has 184 valence electrons. The Balaban J connectivity index is 0.000000739. The zero-order valence-corrected chi connectivity index (χ0v) is 20.6. The van der Waals surface area contributed by atoms with Crippen LogP contribution in [0.1, 0.15) is 30.9 Å². The molecule has 2 aromatic heterocycles. The van der Waals surface area contributed by atoms with E-state index in [9.17, 15) is 5.26 Å². The quantitative estimate of drug-likeness (QED) is 0.249. The summed E-state index contributed by atoms with van der Waals surface area (Å²) in [5.41, 5.74) is 3.23. The molecular weight excluding hydrogens is 432 g/mol. The number of ether oxygens (including phenoxy) is 2. The fourth-order valence-corrected chi connectivity index (χ4v) is 3.51. The molecule has 0 atom stereocenters. The fraction of sp³-hybridized carbons (Fsp3) is 0.500. The van der Waals surface area contributed by atoms with Gasteiger partial charge >= 0.3 is 0 Å². The lowest BCUT2D eigenvalue weighted by molar-refractivity contribution is 0.234. The summed E-state index contributed by atoms with van der Waals surface area (Å²) in [4.78, 5) is 6.87. The Labute approximate surface area is 201 Å². The first kappa shape index (κ1) is 27.0. The third-order valence-corrected chi connectivity index (χ3v) is 5.21. The summed E-state index contributed by atoms with van der Waals surface area (Å²) in [5.74, 6) is 6.32. The Kier molecular flexibility index (Phi) is 11.2. The molecule has 34 heavy (non-hydrogen) atoms. The minimum atomic E-state index is 0.266. The highest BCUT2D eigenvalue weighted by atomic mass is 16.5. The van der Waals surface area contributed by atoms with Crippen LogP contribution >= 0.6 is 0 Å². The average molecular weight is 469 g/mol. The predicted octanol–water partition coefficient (Wildman–Crippen LogP) is 1.84. The summed E-state index contributed by atoms with van der Waals surface area (Å²) in [5, 5.41) is 21.1. The van der Waals surface area contributed by atoms with E-state index in [0.717, 1.165) is 43.8 Å². The van der Waals surface area contributed by atoms with Crippen LogP contribution in [0, 0.1) is 11.3 Å². The van der Waals surface area contributed by atoms with E-state index >= 15 is 0 Å². The summed E-state index contributed by atoms with van der Waals surface area (Å²) in [7, 11) is 5.60. The summed E-state index contributed by atoms with van der Waals surface area (Å²) < 4.78 is 12.2. The largest absolute Gasteiger partial charge is 0.490 e. The molecule has 3 N–H and O–H groups in total. The molecular formula is C24H36N8O2. The maximum atomic E-state index is 9.42. The van der Waals surface area contributed by atoms with Crippen molar-refractivity contribution < 1.29 is 9.47 Å². The van der Waals surface area contributed by atoms with Crippen molar-refractivity contribution in [2.75, 3.05) is 54.1 Å². The fourth-order valence-electron chi connectivity index (χ4n) is 3.51. The molecule has 0 amide bonds. The topological polar surface area (TPSA) is 126 Å². The van der Waals surface area contributed by atoms with Crippen molar-refractivity contribution in [3.8, 4) is 11.8 Å². The number of pyridine rings is 1. The molecule has 0 bridgehead atoms. The highest BCUT2D eigenvalue weighted by molar-refractivity contribution is 6.47. The second-order valence-corrected chi connectivity index (χ2v) is 8.13. The van der Waals surface area contributed by atoms with Crippen LogP contribution in [-0.4, -0.2) is 86.0 Å². The number of aliphatic imine (C=N–C) groups is 1. The maximum absolute atomic E-state index is 9.42. The Morgan fingerprint density at radius 2 is 2.18 bits per heavy atom. The Morgan fingerprint density at radius 1 is 1.44 bits per heavy atom. The number of likely N-dealkylation sites (N-methyl/N-ethyl adjacent to an activating group) is 1. The molecule has 1 aliphatic rings. The number of nitrogens with two attached hydrogens (primary N) is 1. The summed E-state index contributed by atoms with van der Waals surface area (Å²) in [6.45, 7) is 9.18. The summed E-state index contributed by atoms with van der Waals surface area (Å²) in [6.07, 6.45) is 7.05. The predicted molar refractivity (Wildman–Crippen MR) is 136 cm³/mol. The molecule has 10 heteroatoms. The third kappa shape index (κ3) is 7.66. The first-order valence-electron chi connectivity index (χ1n) is 11.3. The molecule has 3 heterocycles. The van der Waals surface area contributed by atoms with Gasteiger partial charge in [-0.05, 0) is 53.0 Å². The van der Waals surface area contributed by atoms with E-state index in [1.54, 1.807) is 17.7 Å². The van der Waals surface area contributed by atoms with E-state index in [1.807, 2.05) is 38.2 Å². The Bertz CT molecular complexity index is 1030. The molecule has 10 nitrogen and oxygen atoms in total. The first-order valence-corrected chi connectivity index (χ1v) is 11.3. The average Bonchev–Trinajstić information content (AvgIpc) is 3.24. The second kappa shape index (κ2) is 14.1. The molecule has 0 radical (unpaired) electrons. The van der Waals surface area contributed by atoms with Crippen molar-refractivity contribution in [3.63, 3.8) is 0 Å². The van der Waals surface area contributed by atoms with Gasteiger partial charge in [0.1, 0.15) is 35.2 Å². The third-order valence-electron chi connectivity index (χ3n) is 5.21. The van der Waals surface area contributed by atoms with Gasteiger partial charge in [-0.25, -0.2) is 4.52 Å². The van der Waals surface area contributed by atoms with Gasteiger partial charge < -0.3 is 25.5 Å². The summed E-state index contributed by atoms with van der Waals surface area (Å²) >= 11 is 0. The number of hydrogen-bond acceptors (Lipinski definition) is 9. The molecule has 1 aliphatic heterocycles. The number of rotatable bonds is 9. The van der Waals surface area contributed by atoms with Gasteiger partial charge in [0.05, 0.1) is 24.6 Å². The molecule has 0 aromatic carbocycles. The normalized spacial score (nSPS) is 15.1. The van der Waals surface area contributed by atoms with Crippen molar-refractivity contribution in [2.24, 2.45) is 15.9 Å². The van der Waals surface area contributed by atoms with Crippen molar-refractivity contribution >= 4 is 16.9 Å². The van der Waals surface area contributed by atoms with E-state index in [-0.39, 0.29) is 6.04 Å². The molecule has 0 unspecified atom stereocenters. The minimum Gasteiger partial charge on any atom is -0.490 e. The van der Waals surface area contributed by atoms with Gasteiger partial charge in [0, 0.05) is 25.4 Å². The Hall–Kier alpha value is -3.26. The van der Waals surface area contributed by atoms with Gasteiger partial charge in [-0.3, -0.25) is 4.99 Å². The number of hydrazone groups is 1. The van der Waals surface area contributed by atoms with Crippen LogP contribution < -0.4 is 15.9 Å². The number of fused-ring (bicyclic) bond motifs is 1. The molecule has 2 aromatic rings. The Morgan fingerprint density at radius 3 is 2.74 bits per heavy atom. The molecule has 3 rings (SSSR count). The first-order chi connectivity index (χ1) is 16.4. The number of nitriles is 1. The zero-order valence-electron chi connectivity index (χ0n) is 20.6. The van der Waals surface area contributed by atoms with Gasteiger partial charge in [0.15, 0.2) is 0 Å². The lowest BCUT2D eigenvalue weighted by atomic mass is 10.0. The lowest BCUT2D eigenvalue weighted by Crippen LogP contribution is -2.31. The molecule has 0 saturated carbocycles. The van der Waals surface area contributed by atoms with Crippen LogP contribution in [0.15, 0.2) is 41.2 Å². The molecule has 1 fully saturated rings. The summed E-state index contributed by atoms with van der Waals surface area (Å²) in [6, 6.07) is 4.30. The smallest absolute Gasteiger partial charge is 0.147 e. The van der Waals surface area contributed by atoms with Crippen LogP contribution in [0.3, 0.4) is 0 Å². The maximum Gasteiger partial charge on any atom is 0.147 e. The van der Waals surface area contributed by atoms with Gasteiger partial charge in [0.2, 0.25) is 0 Å². The monoisotopic (exact) mass is 468 g/mol.